The molecule has 0 bridgehead atoms. The minimum Gasteiger partial charge on any atom is -0.481 e. The molecule has 0 saturated heterocycles. The lowest BCUT2D eigenvalue weighted by atomic mass is 10.1. The van der Waals surface area contributed by atoms with E-state index in [2.05, 4.69) is 15.8 Å². The molecule has 1 aliphatic rings. The summed E-state index contributed by atoms with van der Waals surface area (Å²) in [6, 6.07) is 6.99. The predicted octanol–water partition coefficient (Wildman–Crippen LogP) is 0.908. The molecule has 0 saturated carbocycles. The Balaban J connectivity index is 1.99. The normalized spacial score (nSPS) is 14.1. The number of carboxylic acid groups (broad SMARTS) is 1. The molecule has 0 unspecified atom stereocenters. The molecule has 2 rings (SSSR count). The molecule has 1 heterocycles. The van der Waals surface area contributed by atoms with E-state index >= 15 is 0 Å². The summed E-state index contributed by atoms with van der Waals surface area (Å²) in [7, 11) is 0. The fourth-order valence-electron chi connectivity index (χ4n) is 1.90. The fourth-order valence-corrected chi connectivity index (χ4v) is 1.90. The summed E-state index contributed by atoms with van der Waals surface area (Å²) in [5.41, 5.74) is 3.93. The van der Waals surface area contributed by atoms with Crippen molar-refractivity contribution >= 4 is 29.2 Å². The van der Waals surface area contributed by atoms with E-state index in [1.165, 1.54) is 0 Å². The van der Waals surface area contributed by atoms with Gasteiger partial charge in [0, 0.05) is 24.9 Å². The monoisotopic (exact) mass is 289 g/mol. The van der Waals surface area contributed by atoms with Crippen molar-refractivity contribution < 1.29 is 19.5 Å². The first-order valence-corrected chi connectivity index (χ1v) is 6.52. The number of carbonyl (C=O) groups is 3. The SMILES string of the molecule is O=C(O)CCc1cccc(NC(=O)C2=NNC(=O)CC2)c1. The lowest BCUT2D eigenvalue weighted by molar-refractivity contribution is -0.137. The van der Waals surface area contributed by atoms with Gasteiger partial charge >= 0.3 is 5.97 Å². The Morgan fingerprint density at radius 1 is 1.33 bits per heavy atom. The average Bonchev–Trinajstić information content (AvgIpc) is 2.46. The largest absolute Gasteiger partial charge is 0.481 e. The number of benzene rings is 1. The maximum atomic E-state index is 12.0. The first-order chi connectivity index (χ1) is 10.0. The smallest absolute Gasteiger partial charge is 0.303 e. The highest BCUT2D eigenvalue weighted by atomic mass is 16.4. The molecule has 0 atom stereocenters. The number of hydrogen-bond acceptors (Lipinski definition) is 4. The molecule has 0 aliphatic carbocycles. The van der Waals surface area contributed by atoms with Crippen molar-refractivity contribution in [1.29, 1.82) is 0 Å². The van der Waals surface area contributed by atoms with Crippen molar-refractivity contribution in [3.63, 3.8) is 0 Å². The van der Waals surface area contributed by atoms with E-state index in [4.69, 9.17) is 5.11 Å². The molecule has 1 aliphatic heterocycles. The minimum atomic E-state index is -0.864. The average molecular weight is 289 g/mol. The predicted molar refractivity (Wildman–Crippen MR) is 75.8 cm³/mol. The van der Waals surface area contributed by atoms with Crippen LogP contribution in [0.3, 0.4) is 0 Å². The van der Waals surface area contributed by atoms with Crippen LogP contribution in [0, 0.1) is 0 Å². The maximum absolute atomic E-state index is 12.0. The van der Waals surface area contributed by atoms with Crippen molar-refractivity contribution in [2.75, 3.05) is 5.32 Å². The van der Waals surface area contributed by atoms with E-state index in [1.54, 1.807) is 24.3 Å². The number of nitrogens with zero attached hydrogens (tertiary/aromatic N) is 1. The summed E-state index contributed by atoms with van der Waals surface area (Å²) in [4.78, 5) is 33.5. The van der Waals surface area contributed by atoms with Gasteiger partial charge in [0.25, 0.3) is 5.91 Å². The number of rotatable bonds is 5. The van der Waals surface area contributed by atoms with Crippen LogP contribution >= 0.6 is 0 Å². The zero-order chi connectivity index (χ0) is 15.2. The first kappa shape index (κ1) is 14.7. The topological polar surface area (TPSA) is 108 Å². The second-order valence-electron chi connectivity index (χ2n) is 4.64. The Kier molecular flexibility index (Phi) is 4.65. The van der Waals surface area contributed by atoms with E-state index in [0.717, 1.165) is 5.56 Å². The second kappa shape index (κ2) is 6.65. The number of hydrazone groups is 1. The van der Waals surface area contributed by atoms with Gasteiger partial charge in [-0.05, 0) is 24.1 Å². The zero-order valence-electron chi connectivity index (χ0n) is 11.3. The molecule has 110 valence electrons. The van der Waals surface area contributed by atoms with Crippen molar-refractivity contribution in [3.8, 4) is 0 Å². The number of amides is 2. The standard InChI is InChI=1S/C14H15N3O4/c18-12-6-5-11(16-17-12)14(21)15-10-3-1-2-9(8-10)4-7-13(19)20/h1-3,8H,4-7H2,(H,15,21)(H,17,18)(H,19,20). The first-order valence-electron chi connectivity index (χ1n) is 6.52. The summed E-state index contributed by atoms with van der Waals surface area (Å²) in [6.45, 7) is 0. The molecular formula is C14H15N3O4. The quantitative estimate of drug-likeness (QED) is 0.748. The highest BCUT2D eigenvalue weighted by molar-refractivity contribution is 6.43. The van der Waals surface area contributed by atoms with Crippen molar-refractivity contribution in [2.24, 2.45) is 5.10 Å². The number of carboxylic acids is 1. The van der Waals surface area contributed by atoms with Gasteiger partial charge < -0.3 is 10.4 Å². The number of nitrogens with one attached hydrogen (secondary N) is 2. The van der Waals surface area contributed by atoms with Gasteiger partial charge in [0.2, 0.25) is 5.91 Å². The van der Waals surface area contributed by atoms with Crippen LogP contribution in [-0.4, -0.2) is 28.6 Å². The third-order valence-electron chi connectivity index (χ3n) is 2.98. The van der Waals surface area contributed by atoms with Crippen molar-refractivity contribution in [3.05, 3.63) is 29.8 Å². The molecular weight excluding hydrogens is 274 g/mol. The van der Waals surface area contributed by atoms with Crippen LogP contribution in [0.25, 0.3) is 0 Å². The van der Waals surface area contributed by atoms with Gasteiger partial charge in [0.05, 0.1) is 0 Å². The van der Waals surface area contributed by atoms with E-state index in [9.17, 15) is 14.4 Å². The van der Waals surface area contributed by atoms with E-state index in [0.29, 0.717) is 18.5 Å². The molecule has 1 aromatic rings. The van der Waals surface area contributed by atoms with E-state index in [-0.39, 0.29) is 30.4 Å². The van der Waals surface area contributed by atoms with Gasteiger partial charge in [-0.3, -0.25) is 14.4 Å². The molecule has 1 aromatic carbocycles. The van der Waals surface area contributed by atoms with E-state index in [1.807, 2.05) is 0 Å². The van der Waals surface area contributed by atoms with Gasteiger partial charge in [0.1, 0.15) is 5.71 Å². The molecule has 0 fully saturated rings. The fraction of sp³-hybridized carbons (Fsp3) is 0.286. The Hall–Kier alpha value is -2.70. The molecule has 7 heteroatoms. The summed E-state index contributed by atoms with van der Waals surface area (Å²) in [5, 5.41) is 15.1. The third-order valence-corrected chi connectivity index (χ3v) is 2.98. The summed E-state index contributed by atoms with van der Waals surface area (Å²) < 4.78 is 0. The Morgan fingerprint density at radius 2 is 2.14 bits per heavy atom. The molecule has 0 radical (unpaired) electrons. The van der Waals surface area contributed by atoms with Gasteiger partial charge in [-0.1, -0.05) is 12.1 Å². The van der Waals surface area contributed by atoms with Crippen molar-refractivity contribution in [2.45, 2.75) is 25.7 Å². The van der Waals surface area contributed by atoms with Crippen LogP contribution < -0.4 is 10.7 Å². The highest BCUT2D eigenvalue weighted by Gasteiger charge is 2.18. The number of anilines is 1. The van der Waals surface area contributed by atoms with Crippen molar-refractivity contribution in [1.82, 2.24) is 5.43 Å². The van der Waals surface area contributed by atoms with Crippen LogP contribution in [-0.2, 0) is 20.8 Å². The number of carbonyl (C=O) groups excluding carboxylic acids is 2. The Labute approximate surface area is 121 Å². The molecule has 3 N–H and O–H groups in total. The summed E-state index contributed by atoms with van der Waals surface area (Å²) in [6.07, 6.45) is 0.980. The van der Waals surface area contributed by atoms with Crippen LogP contribution in [0.5, 0.6) is 0 Å². The minimum absolute atomic E-state index is 0.0378. The Bertz CT molecular complexity index is 610. The number of hydrogen-bond donors (Lipinski definition) is 3. The highest BCUT2D eigenvalue weighted by Crippen LogP contribution is 2.13. The maximum Gasteiger partial charge on any atom is 0.303 e. The van der Waals surface area contributed by atoms with Gasteiger partial charge in [-0.15, -0.1) is 0 Å². The van der Waals surface area contributed by atoms with Crippen LogP contribution in [0.15, 0.2) is 29.4 Å². The summed E-state index contributed by atoms with van der Waals surface area (Å²) >= 11 is 0. The van der Waals surface area contributed by atoms with Crippen LogP contribution in [0.4, 0.5) is 5.69 Å². The van der Waals surface area contributed by atoms with E-state index < -0.39 is 5.97 Å². The Morgan fingerprint density at radius 3 is 2.81 bits per heavy atom. The molecule has 0 aromatic heterocycles. The number of aliphatic carboxylic acids is 1. The molecule has 2 amide bonds. The van der Waals surface area contributed by atoms with Crippen LogP contribution in [0.1, 0.15) is 24.8 Å². The molecule has 0 spiro atoms. The molecule has 7 nitrogen and oxygen atoms in total. The van der Waals surface area contributed by atoms with Gasteiger partial charge in [-0.2, -0.15) is 5.10 Å². The number of aryl methyl sites for hydroxylation is 1. The summed E-state index contributed by atoms with van der Waals surface area (Å²) in [5.74, 6) is -1.44. The van der Waals surface area contributed by atoms with Gasteiger partial charge in [-0.25, -0.2) is 5.43 Å². The lowest BCUT2D eigenvalue weighted by Crippen LogP contribution is -2.32. The lowest BCUT2D eigenvalue weighted by Gasteiger charge is -2.12. The second-order valence-corrected chi connectivity index (χ2v) is 4.64. The van der Waals surface area contributed by atoms with Crippen LogP contribution in [0.2, 0.25) is 0 Å². The zero-order valence-corrected chi connectivity index (χ0v) is 11.3. The molecule has 21 heavy (non-hydrogen) atoms. The van der Waals surface area contributed by atoms with Gasteiger partial charge in [0.15, 0.2) is 0 Å². The third kappa shape index (κ3) is 4.41.